The molecule has 0 saturated carbocycles. The summed E-state index contributed by atoms with van der Waals surface area (Å²) in [6, 6.07) is 12.2. The molecule has 1 amide bonds. The van der Waals surface area contributed by atoms with E-state index < -0.39 is 6.04 Å². The molecule has 0 aliphatic heterocycles. The van der Waals surface area contributed by atoms with Gasteiger partial charge < -0.3 is 10.3 Å². The number of benzene rings is 1. The topological polar surface area (TPSA) is 87.7 Å². The van der Waals surface area contributed by atoms with Crippen LogP contribution in [-0.4, -0.2) is 20.9 Å². The van der Waals surface area contributed by atoms with Crippen LogP contribution in [0.1, 0.15) is 30.6 Å². The van der Waals surface area contributed by atoms with Crippen molar-refractivity contribution in [3.8, 4) is 11.5 Å². The Balaban J connectivity index is 1.93. The maximum absolute atomic E-state index is 13.2. The van der Waals surface area contributed by atoms with E-state index in [1.165, 1.54) is 18.2 Å². The van der Waals surface area contributed by atoms with Gasteiger partial charge >= 0.3 is 0 Å². The molecule has 2 aromatic heterocycles. The van der Waals surface area contributed by atoms with Crippen molar-refractivity contribution in [1.29, 1.82) is 0 Å². The molecule has 7 heteroatoms. The lowest BCUT2D eigenvalue weighted by atomic mass is 10.0. The van der Waals surface area contributed by atoms with Crippen molar-refractivity contribution in [2.24, 2.45) is 0 Å². The molecule has 138 valence electrons. The van der Waals surface area contributed by atoms with Crippen molar-refractivity contribution in [2.45, 2.75) is 25.8 Å². The predicted octanol–water partition coefficient (Wildman–Crippen LogP) is 2.78. The van der Waals surface area contributed by atoms with Gasteiger partial charge in [0.2, 0.25) is 5.91 Å². The van der Waals surface area contributed by atoms with Gasteiger partial charge in [-0.1, -0.05) is 25.1 Å². The molecule has 0 aliphatic rings. The molecule has 0 bridgehead atoms. The van der Waals surface area contributed by atoms with E-state index in [4.69, 9.17) is 0 Å². The maximum Gasteiger partial charge on any atom is 0.251 e. The van der Waals surface area contributed by atoms with Gasteiger partial charge in [0.05, 0.1) is 11.7 Å². The normalized spacial score (nSPS) is 11.8. The van der Waals surface area contributed by atoms with Crippen LogP contribution in [0.3, 0.4) is 0 Å². The molecule has 1 aromatic carbocycles. The van der Waals surface area contributed by atoms with Crippen molar-refractivity contribution in [3.05, 3.63) is 82.2 Å². The minimum absolute atomic E-state index is 0.140. The van der Waals surface area contributed by atoms with Gasteiger partial charge in [-0.15, -0.1) is 0 Å². The average Bonchev–Trinajstić information content (AvgIpc) is 2.68. The van der Waals surface area contributed by atoms with Crippen LogP contribution in [0.15, 0.2) is 59.5 Å². The van der Waals surface area contributed by atoms with Gasteiger partial charge in [-0.05, 0) is 29.8 Å². The molecular formula is C20H19FN4O2. The van der Waals surface area contributed by atoms with E-state index >= 15 is 0 Å². The number of pyridine rings is 1. The number of amides is 1. The zero-order valence-electron chi connectivity index (χ0n) is 14.8. The first kappa shape index (κ1) is 18.4. The summed E-state index contributed by atoms with van der Waals surface area (Å²) in [5, 5.41) is 2.90. The largest absolute Gasteiger partial charge is 0.349 e. The first-order valence-corrected chi connectivity index (χ1v) is 8.61. The number of aromatic nitrogens is 3. The molecule has 27 heavy (non-hydrogen) atoms. The SMILES string of the molecule is CCC(=O)NC(Cc1cc(=O)[nH]c(-c2ccccn2)n1)c1ccc(F)cc1. The Bertz CT molecular complexity index is 971. The summed E-state index contributed by atoms with van der Waals surface area (Å²) in [4.78, 5) is 35.3. The summed E-state index contributed by atoms with van der Waals surface area (Å²) in [5.41, 5.74) is 1.48. The highest BCUT2D eigenvalue weighted by molar-refractivity contribution is 5.76. The summed E-state index contributed by atoms with van der Waals surface area (Å²) in [6.45, 7) is 1.75. The first-order valence-electron chi connectivity index (χ1n) is 8.61. The van der Waals surface area contributed by atoms with E-state index in [1.807, 2.05) is 0 Å². The van der Waals surface area contributed by atoms with Crippen LogP contribution in [-0.2, 0) is 11.2 Å². The number of carbonyl (C=O) groups excluding carboxylic acids is 1. The molecule has 2 heterocycles. The smallest absolute Gasteiger partial charge is 0.251 e. The second kappa shape index (κ2) is 8.35. The number of halogens is 1. The van der Waals surface area contributed by atoms with Crippen LogP contribution in [0.2, 0.25) is 0 Å². The number of nitrogens with one attached hydrogen (secondary N) is 2. The van der Waals surface area contributed by atoms with Crippen LogP contribution >= 0.6 is 0 Å². The van der Waals surface area contributed by atoms with Crippen molar-refractivity contribution >= 4 is 5.91 Å². The Morgan fingerprint density at radius 3 is 2.67 bits per heavy atom. The van der Waals surface area contributed by atoms with Gasteiger partial charge in [0, 0.05) is 25.1 Å². The van der Waals surface area contributed by atoms with Crippen molar-refractivity contribution in [3.63, 3.8) is 0 Å². The van der Waals surface area contributed by atoms with Gasteiger partial charge in [-0.3, -0.25) is 14.6 Å². The van der Waals surface area contributed by atoms with Crippen LogP contribution in [0, 0.1) is 5.82 Å². The zero-order chi connectivity index (χ0) is 19.2. The number of hydrogen-bond donors (Lipinski definition) is 2. The van der Waals surface area contributed by atoms with Gasteiger partial charge in [-0.2, -0.15) is 0 Å². The van der Waals surface area contributed by atoms with Crippen molar-refractivity contribution in [1.82, 2.24) is 20.3 Å². The van der Waals surface area contributed by atoms with Crippen LogP contribution in [0.4, 0.5) is 4.39 Å². The summed E-state index contributed by atoms with van der Waals surface area (Å²) >= 11 is 0. The molecule has 0 saturated heterocycles. The lowest BCUT2D eigenvalue weighted by Gasteiger charge is -2.19. The molecule has 0 fully saturated rings. The number of hydrogen-bond acceptors (Lipinski definition) is 4. The van der Waals surface area contributed by atoms with E-state index in [2.05, 4.69) is 20.3 Å². The molecule has 0 spiro atoms. The monoisotopic (exact) mass is 366 g/mol. The second-order valence-electron chi connectivity index (χ2n) is 6.03. The maximum atomic E-state index is 13.2. The average molecular weight is 366 g/mol. The molecule has 1 atom stereocenters. The van der Waals surface area contributed by atoms with E-state index in [1.54, 1.807) is 43.5 Å². The van der Waals surface area contributed by atoms with Crippen LogP contribution in [0.5, 0.6) is 0 Å². The molecule has 0 radical (unpaired) electrons. The van der Waals surface area contributed by atoms with Gasteiger partial charge in [-0.25, -0.2) is 9.37 Å². The van der Waals surface area contributed by atoms with E-state index in [-0.39, 0.29) is 17.3 Å². The summed E-state index contributed by atoms with van der Waals surface area (Å²) in [5.74, 6) is -0.136. The molecule has 0 aliphatic carbocycles. The fourth-order valence-electron chi connectivity index (χ4n) is 2.69. The van der Waals surface area contributed by atoms with Gasteiger partial charge in [0.15, 0.2) is 5.82 Å². The quantitative estimate of drug-likeness (QED) is 0.702. The van der Waals surface area contributed by atoms with Gasteiger partial charge in [0.25, 0.3) is 5.56 Å². The minimum Gasteiger partial charge on any atom is -0.349 e. The Kier molecular flexibility index (Phi) is 5.71. The number of carbonyl (C=O) groups is 1. The fraction of sp³-hybridized carbons (Fsp3) is 0.200. The number of nitrogens with zero attached hydrogens (tertiary/aromatic N) is 2. The first-order chi connectivity index (χ1) is 13.0. The molecule has 2 N–H and O–H groups in total. The third kappa shape index (κ3) is 4.84. The molecule has 3 rings (SSSR count). The highest BCUT2D eigenvalue weighted by atomic mass is 19.1. The highest BCUT2D eigenvalue weighted by Crippen LogP contribution is 2.19. The predicted molar refractivity (Wildman–Crippen MR) is 99.4 cm³/mol. The molecular weight excluding hydrogens is 347 g/mol. The van der Waals surface area contributed by atoms with E-state index in [0.29, 0.717) is 30.1 Å². The summed E-state index contributed by atoms with van der Waals surface area (Å²) in [7, 11) is 0. The van der Waals surface area contributed by atoms with Crippen molar-refractivity contribution < 1.29 is 9.18 Å². The molecule has 1 unspecified atom stereocenters. The third-order valence-corrected chi connectivity index (χ3v) is 4.04. The standard InChI is InChI=1S/C20H19FN4O2/c1-2-18(26)24-17(13-6-8-14(21)9-7-13)11-15-12-19(27)25-20(23-15)16-5-3-4-10-22-16/h3-10,12,17H,2,11H2,1H3,(H,24,26)(H,23,25,27). The summed E-state index contributed by atoms with van der Waals surface area (Å²) < 4.78 is 13.2. The van der Waals surface area contributed by atoms with Crippen LogP contribution < -0.4 is 10.9 Å². The molecule has 3 aromatic rings. The number of aromatic amines is 1. The molecule has 6 nitrogen and oxygen atoms in total. The van der Waals surface area contributed by atoms with Crippen molar-refractivity contribution in [2.75, 3.05) is 0 Å². The minimum atomic E-state index is -0.427. The van der Waals surface area contributed by atoms with E-state index in [9.17, 15) is 14.0 Å². The van der Waals surface area contributed by atoms with Gasteiger partial charge in [0.1, 0.15) is 11.5 Å². The Morgan fingerprint density at radius 1 is 1.22 bits per heavy atom. The second-order valence-corrected chi connectivity index (χ2v) is 6.03. The lowest BCUT2D eigenvalue weighted by Crippen LogP contribution is -2.30. The Hall–Kier alpha value is -3.35. The van der Waals surface area contributed by atoms with Crippen LogP contribution in [0.25, 0.3) is 11.5 Å². The number of H-pyrrole nitrogens is 1. The lowest BCUT2D eigenvalue weighted by molar-refractivity contribution is -0.121. The number of rotatable bonds is 6. The zero-order valence-corrected chi connectivity index (χ0v) is 14.8. The van der Waals surface area contributed by atoms with E-state index in [0.717, 1.165) is 5.56 Å². The highest BCUT2D eigenvalue weighted by Gasteiger charge is 2.17. The Labute approximate surface area is 155 Å². The Morgan fingerprint density at radius 2 is 2.00 bits per heavy atom. The third-order valence-electron chi connectivity index (χ3n) is 4.04. The summed E-state index contributed by atoms with van der Waals surface area (Å²) in [6.07, 6.45) is 2.23. The fourth-order valence-corrected chi connectivity index (χ4v) is 2.69.